The fourth-order valence-corrected chi connectivity index (χ4v) is 2.51. The molecule has 0 saturated carbocycles. The third-order valence-corrected chi connectivity index (χ3v) is 3.89. The molecule has 0 aliphatic rings. The molecule has 1 aromatic heterocycles. The van der Waals surface area contributed by atoms with Crippen LogP contribution in [-0.4, -0.2) is 11.5 Å². The van der Waals surface area contributed by atoms with Crippen LogP contribution in [0.5, 0.6) is 0 Å². The Morgan fingerprint density at radius 2 is 2.15 bits per heavy atom. The highest BCUT2D eigenvalue weighted by Gasteiger charge is 2.14. The van der Waals surface area contributed by atoms with E-state index in [1.54, 1.807) is 18.3 Å². The van der Waals surface area contributed by atoms with Gasteiger partial charge in [0.15, 0.2) is 0 Å². The lowest BCUT2D eigenvalue weighted by molar-refractivity contribution is 0.515. The number of halogens is 2. The Bertz CT molecular complexity index is 545. The van der Waals surface area contributed by atoms with Crippen molar-refractivity contribution in [3.63, 3.8) is 0 Å². The fourth-order valence-electron chi connectivity index (χ4n) is 2.10. The molecule has 0 fully saturated rings. The SMILES string of the molecule is CCCNC(Cc1cc(F)ccc1Br)c1ccccn1. The maximum atomic E-state index is 13.4. The fraction of sp³-hybridized carbons (Fsp3) is 0.312. The number of nitrogens with zero attached hydrogens (tertiary/aromatic N) is 1. The third-order valence-electron chi connectivity index (χ3n) is 3.12. The first-order valence-electron chi connectivity index (χ1n) is 6.79. The van der Waals surface area contributed by atoms with E-state index in [-0.39, 0.29) is 11.9 Å². The number of hydrogen-bond acceptors (Lipinski definition) is 2. The average molecular weight is 337 g/mol. The van der Waals surface area contributed by atoms with Gasteiger partial charge in [0.2, 0.25) is 0 Å². The Balaban J connectivity index is 2.21. The summed E-state index contributed by atoms with van der Waals surface area (Å²) in [7, 11) is 0. The van der Waals surface area contributed by atoms with Gasteiger partial charge in [0.05, 0.1) is 11.7 Å². The summed E-state index contributed by atoms with van der Waals surface area (Å²) in [6.07, 6.45) is 3.54. The molecular weight excluding hydrogens is 319 g/mol. The van der Waals surface area contributed by atoms with E-state index >= 15 is 0 Å². The molecule has 0 radical (unpaired) electrons. The molecule has 0 amide bonds. The number of benzene rings is 1. The average Bonchev–Trinajstić information content (AvgIpc) is 2.48. The highest BCUT2D eigenvalue weighted by Crippen LogP contribution is 2.24. The van der Waals surface area contributed by atoms with Gasteiger partial charge in [0.25, 0.3) is 0 Å². The number of pyridine rings is 1. The number of nitrogens with one attached hydrogen (secondary N) is 1. The van der Waals surface area contributed by atoms with Crippen LogP contribution < -0.4 is 5.32 Å². The summed E-state index contributed by atoms with van der Waals surface area (Å²) in [5.74, 6) is -0.210. The first kappa shape index (κ1) is 15.1. The second kappa shape index (κ2) is 7.50. The van der Waals surface area contributed by atoms with Gasteiger partial charge in [-0.2, -0.15) is 0 Å². The molecule has 0 aliphatic heterocycles. The van der Waals surface area contributed by atoms with Gasteiger partial charge >= 0.3 is 0 Å². The van der Waals surface area contributed by atoms with Crippen LogP contribution in [0.2, 0.25) is 0 Å². The van der Waals surface area contributed by atoms with Crippen molar-refractivity contribution >= 4 is 15.9 Å². The van der Waals surface area contributed by atoms with E-state index in [4.69, 9.17) is 0 Å². The summed E-state index contributed by atoms with van der Waals surface area (Å²) >= 11 is 3.48. The standard InChI is InChI=1S/C16H18BrFN2/c1-2-8-19-16(15-5-3-4-9-20-15)11-12-10-13(18)6-7-14(12)17/h3-7,9-10,16,19H,2,8,11H2,1H3. The summed E-state index contributed by atoms with van der Waals surface area (Å²) in [6.45, 7) is 3.04. The number of aromatic nitrogens is 1. The third kappa shape index (κ3) is 4.12. The molecule has 106 valence electrons. The van der Waals surface area contributed by atoms with E-state index in [0.29, 0.717) is 6.42 Å². The highest BCUT2D eigenvalue weighted by atomic mass is 79.9. The van der Waals surface area contributed by atoms with Gasteiger partial charge in [-0.15, -0.1) is 0 Å². The molecule has 2 aromatic rings. The maximum absolute atomic E-state index is 13.4. The lowest BCUT2D eigenvalue weighted by atomic mass is 10.0. The molecule has 0 saturated heterocycles. The van der Waals surface area contributed by atoms with Crippen LogP contribution in [0.25, 0.3) is 0 Å². The van der Waals surface area contributed by atoms with Gasteiger partial charge in [0.1, 0.15) is 5.82 Å². The van der Waals surface area contributed by atoms with E-state index in [9.17, 15) is 4.39 Å². The first-order chi connectivity index (χ1) is 9.70. The molecule has 0 bridgehead atoms. The lowest BCUT2D eigenvalue weighted by Gasteiger charge is -2.19. The van der Waals surface area contributed by atoms with E-state index < -0.39 is 0 Å². The van der Waals surface area contributed by atoms with Crippen molar-refractivity contribution in [2.24, 2.45) is 0 Å². The van der Waals surface area contributed by atoms with Crippen LogP contribution >= 0.6 is 15.9 Å². The van der Waals surface area contributed by atoms with Crippen LogP contribution in [-0.2, 0) is 6.42 Å². The Labute approximate surface area is 127 Å². The minimum absolute atomic E-state index is 0.0919. The second-order valence-electron chi connectivity index (χ2n) is 4.70. The van der Waals surface area contributed by atoms with Crippen molar-refractivity contribution in [1.29, 1.82) is 0 Å². The van der Waals surface area contributed by atoms with Crippen LogP contribution in [0.4, 0.5) is 4.39 Å². The van der Waals surface area contributed by atoms with Crippen molar-refractivity contribution in [3.05, 3.63) is 64.1 Å². The zero-order chi connectivity index (χ0) is 14.4. The van der Waals surface area contributed by atoms with E-state index in [1.807, 2.05) is 18.2 Å². The molecule has 1 heterocycles. The Morgan fingerprint density at radius 1 is 1.30 bits per heavy atom. The Hall–Kier alpha value is -1.26. The van der Waals surface area contributed by atoms with E-state index in [0.717, 1.165) is 28.7 Å². The molecule has 20 heavy (non-hydrogen) atoms. The predicted octanol–water partition coefficient (Wildman–Crippen LogP) is 4.27. The molecule has 1 N–H and O–H groups in total. The van der Waals surface area contributed by atoms with Crippen molar-refractivity contribution in [1.82, 2.24) is 10.3 Å². The molecule has 0 aliphatic carbocycles. The van der Waals surface area contributed by atoms with Crippen LogP contribution in [0.1, 0.15) is 30.6 Å². The Kier molecular flexibility index (Phi) is 5.68. The normalized spacial score (nSPS) is 12.3. The summed E-state index contributed by atoms with van der Waals surface area (Å²) < 4.78 is 14.3. The van der Waals surface area contributed by atoms with Crippen LogP contribution in [0.15, 0.2) is 47.1 Å². The monoisotopic (exact) mass is 336 g/mol. The van der Waals surface area contributed by atoms with Gasteiger partial charge < -0.3 is 5.32 Å². The van der Waals surface area contributed by atoms with E-state index in [1.165, 1.54) is 6.07 Å². The van der Waals surface area contributed by atoms with Gasteiger partial charge in [-0.1, -0.05) is 28.9 Å². The quantitative estimate of drug-likeness (QED) is 0.852. The van der Waals surface area contributed by atoms with Gasteiger partial charge in [0, 0.05) is 10.7 Å². The smallest absolute Gasteiger partial charge is 0.123 e. The van der Waals surface area contributed by atoms with Crippen molar-refractivity contribution in [3.8, 4) is 0 Å². The molecule has 1 atom stereocenters. The minimum atomic E-state index is -0.210. The van der Waals surface area contributed by atoms with Gasteiger partial charge in [-0.25, -0.2) is 4.39 Å². The summed E-state index contributed by atoms with van der Waals surface area (Å²) in [6, 6.07) is 10.8. The largest absolute Gasteiger partial charge is 0.308 e. The minimum Gasteiger partial charge on any atom is -0.308 e. The van der Waals surface area contributed by atoms with Crippen molar-refractivity contribution < 1.29 is 4.39 Å². The van der Waals surface area contributed by atoms with Gasteiger partial charge in [-0.3, -0.25) is 4.98 Å². The van der Waals surface area contributed by atoms with Gasteiger partial charge in [-0.05, 0) is 55.3 Å². The summed E-state index contributed by atoms with van der Waals surface area (Å²) in [5, 5.41) is 3.48. The van der Waals surface area contributed by atoms with Crippen LogP contribution in [0, 0.1) is 5.82 Å². The zero-order valence-corrected chi connectivity index (χ0v) is 13.0. The zero-order valence-electron chi connectivity index (χ0n) is 11.4. The molecule has 2 rings (SSSR count). The van der Waals surface area contributed by atoms with Crippen LogP contribution in [0.3, 0.4) is 0 Å². The number of rotatable bonds is 6. The molecule has 4 heteroatoms. The van der Waals surface area contributed by atoms with E-state index in [2.05, 4.69) is 33.2 Å². The molecule has 2 nitrogen and oxygen atoms in total. The first-order valence-corrected chi connectivity index (χ1v) is 7.58. The maximum Gasteiger partial charge on any atom is 0.123 e. The van der Waals surface area contributed by atoms with Crippen molar-refractivity contribution in [2.45, 2.75) is 25.8 Å². The molecule has 1 unspecified atom stereocenters. The predicted molar refractivity (Wildman–Crippen MR) is 83.1 cm³/mol. The number of hydrogen-bond donors (Lipinski definition) is 1. The summed E-state index contributed by atoms with van der Waals surface area (Å²) in [4.78, 5) is 4.41. The lowest BCUT2D eigenvalue weighted by Crippen LogP contribution is -2.25. The second-order valence-corrected chi connectivity index (χ2v) is 5.56. The molecule has 1 aromatic carbocycles. The molecule has 0 spiro atoms. The Morgan fingerprint density at radius 3 is 2.85 bits per heavy atom. The molecular formula is C16H18BrFN2. The highest BCUT2D eigenvalue weighted by molar-refractivity contribution is 9.10. The topological polar surface area (TPSA) is 24.9 Å². The summed E-state index contributed by atoms with van der Waals surface area (Å²) in [5.41, 5.74) is 1.93. The van der Waals surface area contributed by atoms with Crippen molar-refractivity contribution in [2.75, 3.05) is 6.54 Å².